The van der Waals surface area contributed by atoms with Gasteiger partial charge in [0.2, 0.25) is 0 Å². The Bertz CT molecular complexity index is 345. The largest absolute Gasteiger partial charge is 0.311 e. The predicted octanol–water partition coefficient (Wildman–Crippen LogP) is 2.90. The van der Waals surface area contributed by atoms with Gasteiger partial charge in [0.25, 0.3) is 0 Å². The topological polar surface area (TPSA) is 12.0 Å². The number of benzene rings is 1. The number of hydrogen-bond donors (Lipinski definition) is 1. The second-order valence-electron chi connectivity index (χ2n) is 4.11. The maximum absolute atomic E-state index is 13.9. The zero-order valence-electron chi connectivity index (χ0n) is 8.76. The normalized spacial score (nSPS) is 23.0. The lowest BCUT2D eigenvalue weighted by atomic mass is 10.0. The fourth-order valence-corrected chi connectivity index (χ4v) is 1.97. The maximum Gasteiger partial charge on any atom is 0.140 e. The van der Waals surface area contributed by atoms with Crippen molar-refractivity contribution in [3.05, 3.63) is 35.1 Å². The van der Waals surface area contributed by atoms with Gasteiger partial charge in [0, 0.05) is 6.04 Å². The summed E-state index contributed by atoms with van der Waals surface area (Å²) < 4.78 is 27.2. The summed E-state index contributed by atoms with van der Waals surface area (Å²) in [5, 5.41) is 3.09. The highest BCUT2D eigenvalue weighted by Gasteiger charge is 2.25. The van der Waals surface area contributed by atoms with Crippen LogP contribution >= 0.6 is 0 Å². The minimum absolute atomic E-state index is 0.146. The molecule has 2 unspecified atom stereocenters. The number of halogens is 2. The van der Waals surface area contributed by atoms with Gasteiger partial charge in [-0.2, -0.15) is 0 Å². The Morgan fingerprint density at radius 2 is 2.27 bits per heavy atom. The van der Waals surface area contributed by atoms with E-state index in [1.54, 1.807) is 19.1 Å². The molecule has 1 fully saturated rings. The number of hydrogen-bond acceptors (Lipinski definition) is 1. The smallest absolute Gasteiger partial charge is 0.140 e. The van der Waals surface area contributed by atoms with E-state index in [9.17, 15) is 8.78 Å². The van der Waals surface area contributed by atoms with Gasteiger partial charge in [-0.1, -0.05) is 12.1 Å². The Morgan fingerprint density at radius 1 is 1.47 bits per heavy atom. The zero-order valence-corrected chi connectivity index (χ0v) is 8.76. The second-order valence-corrected chi connectivity index (χ2v) is 4.11. The number of nitrogens with one attached hydrogen (secondary N) is 1. The van der Waals surface area contributed by atoms with E-state index in [0.29, 0.717) is 11.1 Å². The van der Waals surface area contributed by atoms with Gasteiger partial charge >= 0.3 is 0 Å². The standard InChI is InChI=1S/C12H15F2N/c1-8-4-5-9(7-10(8)13)12(14)11-3-2-6-15-11/h4-5,7,11-12,15H,2-3,6H2,1H3. The summed E-state index contributed by atoms with van der Waals surface area (Å²) in [5.74, 6) is -0.326. The van der Waals surface area contributed by atoms with Gasteiger partial charge in [-0.15, -0.1) is 0 Å². The van der Waals surface area contributed by atoms with Crippen LogP contribution in [-0.4, -0.2) is 12.6 Å². The molecule has 0 aliphatic carbocycles. The first kappa shape index (κ1) is 10.6. The van der Waals surface area contributed by atoms with E-state index >= 15 is 0 Å². The average Bonchev–Trinajstić information content (AvgIpc) is 2.74. The number of alkyl halides is 1. The summed E-state index contributed by atoms with van der Waals surface area (Å²) in [5.41, 5.74) is 1.00. The highest BCUT2D eigenvalue weighted by molar-refractivity contribution is 5.26. The second kappa shape index (κ2) is 4.27. The van der Waals surface area contributed by atoms with Gasteiger partial charge in [0.1, 0.15) is 12.0 Å². The van der Waals surface area contributed by atoms with Gasteiger partial charge in [-0.05, 0) is 43.5 Å². The number of aryl methyl sites for hydroxylation is 1. The summed E-state index contributed by atoms with van der Waals surface area (Å²) in [6, 6.07) is 4.46. The predicted molar refractivity (Wildman–Crippen MR) is 56.0 cm³/mol. The molecule has 3 heteroatoms. The van der Waals surface area contributed by atoms with E-state index < -0.39 is 6.17 Å². The van der Waals surface area contributed by atoms with Gasteiger partial charge in [0.15, 0.2) is 0 Å². The Labute approximate surface area is 88.5 Å². The molecule has 1 aliphatic rings. The van der Waals surface area contributed by atoms with Gasteiger partial charge in [-0.25, -0.2) is 8.78 Å². The molecule has 1 saturated heterocycles. The number of rotatable bonds is 2. The van der Waals surface area contributed by atoms with Crippen molar-refractivity contribution in [2.45, 2.75) is 32.0 Å². The van der Waals surface area contributed by atoms with Crippen molar-refractivity contribution in [1.82, 2.24) is 5.32 Å². The lowest BCUT2D eigenvalue weighted by Gasteiger charge is -2.16. The minimum Gasteiger partial charge on any atom is -0.311 e. The molecule has 0 aromatic heterocycles. The summed E-state index contributed by atoms with van der Waals surface area (Å²) in [4.78, 5) is 0. The monoisotopic (exact) mass is 211 g/mol. The van der Waals surface area contributed by atoms with Crippen LogP contribution in [0.3, 0.4) is 0 Å². The molecule has 0 radical (unpaired) electrons. The highest BCUT2D eigenvalue weighted by atomic mass is 19.1. The van der Waals surface area contributed by atoms with Crippen LogP contribution in [0.1, 0.15) is 30.1 Å². The molecule has 2 atom stereocenters. The lowest BCUT2D eigenvalue weighted by molar-refractivity contribution is 0.270. The first-order chi connectivity index (χ1) is 7.18. The highest BCUT2D eigenvalue weighted by Crippen LogP contribution is 2.27. The van der Waals surface area contributed by atoms with Crippen molar-refractivity contribution in [1.29, 1.82) is 0 Å². The van der Waals surface area contributed by atoms with Crippen LogP contribution in [-0.2, 0) is 0 Å². The molecule has 0 saturated carbocycles. The molecule has 1 aromatic carbocycles. The van der Waals surface area contributed by atoms with Crippen molar-refractivity contribution in [3.8, 4) is 0 Å². The maximum atomic E-state index is 13.9. The molecule has 1 N–H and O–H groups in total. The van der Waals surface area contributed by atoms with Gasteiger partial charge < -0.3 is 5.32 Å². The van der Waals surface area contributed by atoms with E-state index in [2.05, 4.69) is 5.32 Å². The van der Waals surface area contributed by atoms with Crippen LogP contribution in [0.15, 0.2) is 18.2 Å². The molecular weight excluding hydrogens is 196 g/mol. The molecular formula is C12H15F2N. The van der Waals surface area contributed by atoms with Crippen molar-refractivity contribution in [2.24, 2.45) is 0 Å². The third-order valence-corrected chi connectivity index (χ3v) is 2.97. The first-order valence-corrected chi connectivity index (χ1v) is 5.32. The van der Waals surface area contributed by atoms with Crippen molar-refractivity contribution >= 4 is 0 Å². The van der Waals surface area contributed by atoms with Crippen molar-refractivity contribution < 1.29 is 8.78 Å². The quantitative estimate of drug-likeness (QED) is 0.793. The molecule has 1 aromatic rings. The lowest BCUT2D eigenvalue weighted by Crippen LogP contribution is -2.26. The SMILES string of the molecule is Cc1ccc(C(F)C2CCCN2)cc1F. The molecule has 2 rings (SSSR count). The molecule has 0 spiro atoms. The third kappa shape index (κ3) is 2.17. The van der Waals surface area contributed by atoms with Crippen LogP contribution in [0.25, 0.3) is 0 Å². The Kier molecular flexibility index (Phi) is 3.00. The fraction of sp³-hybridized carbons (Fsp3) is 0.500. The van der Waals surface area contributed by atoms with E-state index in [4.69, 9.17) is 0 Å². The molecule has 82 valence electrons. The van der Waals surface area contributed by atoms with Crippen LogP contribution in [0.4, 0.5) is 8.78 Å². The van der Waals surface area contributed by atoms with E-state index in [-0.39, 0.29) is 11.9 Å². The molecule has 1 nitrogen and oxygen atoms in total. The van der Waals surface area contributed by atoms with E-state index in [1.165, 1.54) is 6.07 Å². The molecule has 1 aliphatic heterocycles. The van der Waals surface area contributed by atoms with Crippen LogP contribution < -0.4 is 5.32 Å². The molecule has 0 amide bonds. The van der Waals surface area contributed by atoms with E-state index in [1.807, 2.05) is 0 Å². The van der Waals surface area contributed by atoms with Crippen molar-refractivity contribution in [3.63, 3.8) is 0 Å². The minimum atomic E-state index is -1.09. The van der Waals surface area contributed by atoms with Crippen LogP contribution in [0.5, 0.6) is 0 Å². The zero-order chi connectivity index (χ0) is 10.8. The van der Waals surface area contributed by atoms with E-state index in [0.717, 1.165) is 19.4 Å². The summed E-state index contributed by atoms with van der Waals surface area (Å²) in [6.45, 7) is 2.54. The fourth-order valence-electron chi connectivity index (χ4n) is 1.97. The summed E-state index contributed by atoms with van der Waals surface area (Å²) in [7, 11) is 0. The Morgan fingerprint density at radius 3 is 2.87 bits per heavy atom. The summed E-state index contributed by atoms with van der Waals surface area (Å²) in [6.07, 6.45) is 0.735. The van der Waals surface area contributed by atoms with Crippen LogP contribution in [0, 0.1) is 12.7 Å². The van der Waals surface area contributed by atoms with Crippen molar-refractivity contribution in [2.75, 3.05) is 6.54 Å². The Hall–Kier alpha value is -0.960. The van der Waals surface area contributed by atoms with Crippen LogP contribution in [0.2, 0.25) is 0 Å². The third-order valence-electron chi connectivity index (χ3n) is 2.97. The van der Waals surface area contributed by atoms with Gasteiger partial charge in [-0.3, -0.25) is 0 Å². The first-order valence-electron chi connectivity index (χ1n) is 5.32. The summed E-state index contributed by atoms with van der Waals surface area (Å²) >= 11 is 0. The molecule has 0 bridgehead atoms. The molecule has 15 heavy (non-hydrogen) atoms. The Balaban J connectivity index is 2.17. The molecule has 1 heterocycles. The average molecular weight is 211 g/mol. The van der Waals surface area contributed by atoms with Gasteiger partial charge in [0.05, 0.1) is 0 Å².